The van der Waals surface area contributed by atoms with Crippen molar-refractivity contribution in [3.05, 3.63) is 53.7 Å². The first-order valence-electron chi connectivity index (χ1n) is 7.59. The second kappa shape index (κ2) is 6.02. The first kappa shape index (κ1) is 13.7. The lowest BCUT2D eigenvalue weighted by molar-refractivity contribution is 0.328. The smallest absolute Gasteiger partial charge is 0.138 e. The average molecular weight is 310 g/mol. The molecule has 112 valence electrons. The van der Waals surface area contributed by atoms with Crippen LogP contribution in [-0.2, 0) is 6.54 Å². The molecule has 1 aliphatic rings. The van der Waals surface area contributed by atoms with E-state index in [1.165, 1.54) is 5.56 Å². The average Bonchev–Trinajstić information content (AvgIpc) is 3.18. The SMILES string of the molecule is c1ccc(CN2CC[C@@H](Nc3ncnc4sccc34)C2)cc1. The summed E-state index contributed by atoms with van der Waals surface area (Å²) in [6.07, 6.45) is 2.81. The zero-order valence-electron chi connectivity index (χ0n) is 12.3. The maximum Gasteiger partial charge on any atom is 0.138 e. The zero-order chi connectivity index (χ0) is 14.8. The summed E-state index contributed by atoms with van der Waals surface area (Å²) in [4.78, 5) is 12.3. The molecule has 5 heteroatoms. The number of nitrogens with zero attached hydrogens (tertiary/aromatic N) is 3. The Bertz CT molecular complexity index is 755. The Hall–Kier alpha value is -1.98. The first-order chi connectivity index (χ1) is 10.9. The molecule has 3 heterocycles. The molecular formula is C17H18N4S. The molecule has 3 aromatic rings. The van der Waals surface area contributed by atoms with Gasteiger partial charge in [0, 0.05) is 25.7 Å². The van der Waals surface area contributed by atoms with Crippen molar-refractivity contribution in [2.45, 2.75) is 19.0 Å². The maximum atomic E-state index is 4.42. The van der Waals surface area contributed by atoms with E-state index in [0.717, 1.165) is 42.1 Å². The van der Waals surface area contributed by atoms with Crippen molar-refractivity contribution in [3.63, 3.8) is 0 Å². The summed E-state index contributed by atoms with van der Waals surface area (Å²) in [5.74, 6) is 0.970. The molecule has 0 radical (unpaired) electrons. The molecule has 0 saturated carbocycles. The van der Waals surface area contributed by atoms with E-state index in [1.54, 1.807) is 17.7 Å². The van der Waals surface area contributed by atoms with Crippen LogP contribution in [0.1, 0.15) is 12.0 Å². The number of nitrogens with one attached hydrogen (secondary N) is 1. The third-order valence-electron chi connectivity index (χ3n) is 4.12. The largest absolute Gasteiger partial charge is 0.365 e. The molecule has 1 aliphatic heterocycles. The number of aromatic nitrogens is 2. The molecule has 0 unspecified atom stereocenters. The summed E-state index contributed by atoms with van der Waals surface area (Å²) in [7, 11) is 0. The minimum absolute atomic E-state index is 0.460. The van der Waals surface area contributed by atoms with E-state index in [1.807, 2.05) is 0 Å². The fourth-order valence-corrected chi connectivity index (χ4v) is 3.77. The summed E-state index contributed by atoms with van der Waals surface area (Å²) in [6.45, 7) is 3.21. The highest BCUT2D eigenvalue weighted by molar-refractivity contribution is 7.16. The van der Waals surface area contributed by atoms with E-state index in [4.69, 9.17) is 0 Å². The van der Waals surface area contributed by atoms with E-state index in [0.29, 0.717) is 6.04 Å². The van der Waals surface area contributed by atoms with Crippen LogP contribution in [0.3, 0.4) is 0 Å². The van der Waals surface area contributed by atoms with Crippen molar-refractivity contribution < 1.29 is 0 Å². The Morgan fingerprint density at radius 2 is 2.09 bits per heavy atom. The zero-order valence-corrected chi connectivity index (χ0v) is 13.1. The summed E-state index contributed by atoms with van der Waals surface area (Å²) >= 11 is 1.66. The Morgan fingerprint density at radius 1 is 1.18 bits per heavy atom. The Kier molecular flexibility index (Phi) is 3.74. The van der Waals surface area contributed by atoms with Gasteiger partial charge in [-0.25, -0.2) is 9.97 Å². The van der Waals surface area contributed by atoms with Gasteiger partial charge in [0.15, 0.2) is 0 Å². The third-order valence-corrected chi connectivity index (χ3v) is 4.94. The number of benzene rings is 1. The summed E-state index contributed by atoms with van der Waals surface area (Å²) in [6, 6.07) is 13.2. The summed E-state index contributed by atoms with van der Waals surface area (Å²) < 4.78 is 0. The van der Waals surface area contributed by atoms with Gasteiger partial charge in [-0.3, -0.25) is 4.90 Å². The summed E-state index contributed by atoms with van der Waals surface area (Å²) in [5.41, 5.74) is 1.38. The molecule has 1 N–H and O–H groups in total. The molecular weight excluding hydrogens is 292 g/mol. The second-order valence-electron chi connectivity index (χ2n) is 5.71. The van der Waals surface area contributed by atoms with Crippen LogP contribution in [0.2, 0.25) is 0 Å². The highest BCUT2D eigenvalue weighted by Gasteiger charge is 2.23. The lowest BCUT2D eigenvalue weighted by Gasteiger charge is -2.17. The van der Waals surface area contributed by atoms with Gasteiger partial charge in [-0.2, -0.15) is 0 Å². The van der Waals surface area contributed by atoms with E-state index in [2.05, 4.69) is 62.0 Å². The Labute approximate surface area is 133 Å². The van der Waals surface area contributed by atoms with E-state index in [-0.39, 0.29) is 0 Å². The number of anilines is 1. The number of thiophene rings is 1. The molecule has 4 nitrogen and oxygen atoms in total. The third kappa shape index (κ3) is 2.82. The van der Waals surface area contributed by atoms with Gasteiger partial charge < -0.3 is 5.32 Å². The quantitative estimate of drug-likeness (QED) is 0.802. The van der Waals surface area contributed by atoms with Crippen molar-refractivity contribution in [3.8, 4) is 0 Å². The van der Waals surface area contributed by atoms with Gasteiger partial charge >= 0.3 is 0 Å². The van der Waals surface area contributed by atoms with Crippen LogP contribution in [0.15, 0.2) is 48.1 Å². The van der Waals surface area contributed by atoms with Gasteiger partial charge in [-0.15, -0.1) is 11.3 Å². The molecule has 1 aromatic carbocycles. The normalized spacial score (nSPS) is 18.8. The van der Waals surface area contributed by atoms with Crippen molar-refractivity contribution in [2.24, 2.45) is 0 Å². The first-order valence-corrected chi connectivity index (χ1v) is 8.47. The molecule has 1 fully saturated rings. The van der Waals surface area contributed by atoms with Gasteiger partial charge in [-0.05, 0) is 23.4 Å². The van der Waals surface area contributed by atoms with Gasteiger partial charge in [0.05, 0.1) is 5.39 Å². The monoisotopic (exact) mass is 310 g/mol. The molecule has 22 heavy (non-hydrogen) atoms. The minimum Gasteiger partial charge on any atom is -0.365 e. The molecule has 2 aromatic heterocycles. The number of hydrogen-bond acceptors (Lipinski definition) is 5. The molecule has 0 spiro atoms. The number of rotatable bonds is 4. The topological polar surface area (TPSA) is 41.0 Å². The lowest BCUT2D eigenvalue weighted by Crippen LogP contribution is -2.26. The standard InChI is InChI=1S/C17H18N4S/c1-2-4-13(5-3-1)10-21-8-6-14(11-21)20-16-15-7-9-22-17(15)19-12-18-16/h1-5,7,9,12,14H,6,8,10-11H2,(H,18,19,20)/t14-/m1/s1. The second-order valence-corrected chi connectivity index (χ2v) is 6.61. The van der Waals surface area contributed by atoms with Crippen molar-refractivity contribution in [1.82, 2.24) is 14.9 Å². The Balaban J connectivity index is 1.42. The highest BCUT2D eigenvalue weighted by atomic mass is 32.1. The minimum atomic E-state index is 0.460. The van der Waals surface area contributed by atoms with Crippen LogP contribution in [0.5, 0.6) is 0 Å². The number of likely N-dealkylation sites (tertiary alicyclic amines) is 1. The van der Waals surface area contributed by atoms with Gasteiger partial charge in [-0.1, -0.05) is 30.3 Å². The maximum absolute atomic E-state index is 4.42. The predicted molar refractivity (Wildman–Crippen MR) is 91.2 cm³/mol. The van der Waals surface area contributed by atoms with E-state index >= 15 is 0 Å². The van der Waals surface area contributed by atoms with E-state index in [9.17, 15) is 0 Å². The predicted octanol–water partition coefficient (Wildman–Crippen LogP) is 3.38. The van der Waals surface area contributed by atoms with Gasteiger partial charge in [0.1, 0.15) is 17.0 Å². The molecule has 0 bridgehead atoms. The fourth-order valence-electron chi connectivity index (χ4n) is 3.03. The lowest BCUT2D eigenvalue weighted by atomic mass is 10.2. The molecule has 0 amide bonds. The fraction of sp³-hybridized carbons (Fsp3) is 0.294. The van der Waals surface area contributed by atoms with Crippen LogP contribution in [-0.4, -0.2) is 34.0 Å². The van der Waals surface area contributed by atoms with Crippen LogP contribution in [0.25, 0.3) is 10.2 Å². The van der Waals surface area contributed by atoms with Crippen molar-refractivity contribution >= 4 is 27.4 Å². The molecule has 0 aliphatic carbocycles. The number of fused-ring (bicyclic) bond motifs is 1. The van der Waals surface area contributed by atoms with Crippen LogP contribution in [0, 0.1) is 0 Å². The van der Waals surface area contributed by atoms with Crippen LogP contribution in [0.4, 0.5) is 5.82 Å². The van der Waals surface area contributed by atoms with Crippen molar-refractivity contribution in [1.29, 1.82) is 0 Å². The Morgan fingerprint density at radius 3 is 3.00 bits per heavy atom. The highest BCUT2D eigenvalue weighted by Crippen LogP contribution is 2.25. The van der Waals surface area contributed by atoms with Crippen LogP contribution >= 0.6 is 11.3 Å². The summed E-state index contributed by atoms with van der Waals surface area (Å²) in [5, 5.41) is 6.80. The molecule has 4 rings (SSSR count). The number of hydrogen-bond donors (Lipinski definition) is 1. The molecule has 1 atom stereocenters. The van der Waals surface area contributed by atoms with Crippen LogP contribution < -0.4 is 5.32 Å². The molecule has 1 saturated heterocycles. The van der Waals surface area contributed by atoms with Gasteiger partial charge in [0.2, 0.25) is 0 Å². The van der Waals surface area contributed by atoms with Crippen molar-refractivity contribution in [2.75, 3.05) is 18.4 Å². The van der Waals surface area contributed by atoms with E-state index < -0.39 is 0 Å². The van der Waals surface area contributed by atoms with Gasteiger partial charge in [0.25, 0.3) is 0 Å².